The van der Waals surface area contributed by atoms with Gasteiger partial charge >= 0.3 is 5.69 Å². The molecule has 3 rings (SSSR count). The molecule has 106 valence electrons. The van der Waals surface area contributed by atoms with Crippen LogP contribution in [0, 0.1) is 5.82 Å². The van der Waals surface area contributed by atoms with Gasteiger partial charge in [-0.1, -0.05) is 18.2 Å². The zero-order valence-electron chi connectivity index (χ0n) is 10.5. The molecule has 0 aliphatic heterocycles. The van der Waals surface area contributed by atoms with E-state index < -0.39 is 22.9 Å². The molecule has 0 unspecified atom stereocenters. The lowest BCUT2D eigenvalue weighted by Gasteiger charge is -2.10. The summed E-state index contributed by atoms with van der Waals surface area (Å²) in [4.78, 5) is 25.9. The van der Waals surface area contributed by atoms with Crippen LogP contribution in [0.15, 0.2) is 50.7 Å². The number of thiophene rings is 1. The minimum atomic E-state index is -0.839. The van der Waals surface area contributed by atoms with Crippen molar-refractivity contribution in [1.82, 2.24) is 9.55 Å². The molecule has 5 nitrogen and oxygen atoms in total. The van der Waals surface area contributed by atoms with Crippen LogP contribution in [0.1, 0.15) is 0 Å². The average molecular weight is 304 g/mol. The number of nitrogens with zero attached hydrogens (tertiary/aromatic N) is 1. The van der Waals surface area contributed by atoms with E-state index in [0.29, 0.717) is 5.69 Å². The van der Waals surface area contributed by atoms with Crippen molar-refractivity contribution in [3.8, 4) is 22.7 Å². The first-order chi connectivity index (χ1) is 10.1. The number of aromatic nitrogens is 2. The van der Waals surface area contributed by atoms with Crippen LogP contribution in [0.25, 0.3) is 16.8 Å². The number of hydrogen-bond acceptors (Lipinski definition) is 4. The summed E-state index contributed by atoms with van der Waals surface area (Å²) in [6, 6.07) is 7.15. The third kappa shape index (κ3) is 2.17. The number of H-pyrrole nitrogens is 1. The zero-order chi connectivity index (χ0) is 15.0. The van der Waals surface area contributed by atoms with Gasteiger partial charge in [-0.15, -0.1) is 0 Å². The van der Waals surface area contributed by atoms with Crippen LogP contribution < -0.4 is 11.2 Å². The smallest absolute Gasteiger partial charge is 0.335 e. The van der Waals surface area contributed by atoms with Gasteiger partial charge in [-0.3, -0.25) is 9.78 Å². The number of aromatic hydroxyl groups is 1. The number of nitrogens with one attached hydrogen (secondary N) is 1. The number of benzene rings is 1. The van der Waals surface area contributed by atoms with Crippen molar-refractivity contribution in [2.75, 3.05) is 0 Å². The Bertz CT molecular complexity index is 913. The molecule has 0 bridgehead atoms. The summed E-state index contributed by atoms with van der Waals surface area (Å²) < 4.78 is 14.8. The number of aromatic amines is 1. The van der Waals surface area contributed by atoms with Crippen LogP contribution in [0.2, 0.25) is 0 Å². The standard InChI is InChI=1S/C14H9FN2O3S/c15-10-4-2-1-3-9(10)11-12(18)16-14(20)17(13(11)19)8-5-6-21-7-8/h1-7,19H,(H,16,18,20). The molecule has 7 heteroatoms. The summed E-state index contributed by atoms with van der Waals surface area (Å²) in [5.74, 6) is -1.25. The summed E-state index contributed by atoms with van der Waals surface area (Å²) in [7, 11) is 0. The van der Waals surface area contributed by atoms with Gasteiger partial charge < -0.3 is 5.11 Å². The second-order valence-electron chi connectivity index (χ2n) is 4.25. The van der Waals surface area contributed by atoms with Gasteiger partial charge in [0, 0.05) is 10.9 Å². The van der Waals surface area contributed by atoms with Crippen LogP contribution in [0.4, 0.5) is 4.39 Å². The van der Waals surface area contributed by atoms with E-state index in [-0.39, 0.29) is 11.1 Å². The van der Waals surface area contributed by atoms with Crippen LogP contribution in [0.5, 0.6) is 5.88 Å². The van der Waals surface area contributed by atoms with Gasteiger partial charge in [0.1, 0.15) is 11.4 Å². The lowest BCUT2D eigenvalue weighted by Crippen LogP contribution is -2.29. The quantitative estimate of drug-likeness (QED) is 0.761. The predicted molar refractivity (Wildman–Crippen MR) is 77.6 cm³/mol. The van der Waals surface area contributed by atoms with Gasteiger partial charge in [-0.25, -0.2) is 13.8 Å². The van der Waals surface area contributed by atoms with E-state index in [1.807, 2.05) is 0 Å². The Morgan fingerprint density at radius 2 is 1.95 bits per heavy atom. The lowest BCUT2D eigenvalue weighted by atomic mass is 10.1. The van der Waals surface area contributed by atoms with E-state index in [4.69, 9.17) is 0 Å². The maximum Gasteiger partial charge on any atom is 0.335 e. The Kier molecular flexibility index (Phi) is 3.19. The van der Waals surface area contributed by atoms with Crippen LogP contribution in [0.3, 0.4) is 0 Å². The Hall–Kier alpha value is -2.67. The molecule has 0 saturated carbocycles. The lowest BCUT2D eigenvalue weighted by molar-refractivity contribution is 0.433. The maximum absolute atomic E-state index is 13.9. The molecule has 0 atom stereocenters. The van der Waals surface area contributed by atoms with Gasteiger partial charge in [0.15, 0.2) is 0 Å². The van der Waals surface area contributed by atoms with E-state index in [1.54, 1.807) is 16.8 Å². The molecule has 2 aromatic heterocycles. The summed E-state index contributed by atoms with van der Waals surface area (Å²) in [6.45, 7) is 0. The van der Waals surface area contributed by atoms with E-state index in [2.05, 4.69) is 4.98 Å². The number of rotatable bonds is 2. The molecule has 0 spiro atoms. The van der Waals surface area contributed by atoms with Gasteiger partial charge in [0.05, 0.1) is 5.69 Å². The first-order valence-electron chi connectivity index (χ1n) is 5.95. The van der Waals surface area contributed by atoms with E-state index >= 15 is 0 Å². The fraction of sp³-hybridized carbons (Fsp3) is 0. The van der Waals surface area contributed by atoms with Crippen LogP contribution in [-0.2, 0) is 0 Å². The van der Waals surface area contributed by atoms with Crippen molar-refractivity contribution in [1.29, 1.82) is 0 Å². The molecule has 0 aliphatic rings. The number of hydrogen-bond donors (Lipinski definition) is 2. The van der Waals surface area contributed by atoms with Gasteiger partial charge in [0.2, 0.25) is 5.88 Å². The monoisotopic (exact) mass is 304 g/mol. The molecule has 0 radical (unpaired) electrons. The molecule has 1 aromatic carbocycles. The van der Waals surface area contributed by atoms with Crippen molar-refractivity contribution in [3.63, 3.8) is 0 Å². The summed E-state index contributed by atoms with van der Waals surface area (Å²) in [6.07, 6.45) is 0. The Morgan fingerprint density at radius 3 is 2.62 bits per heavy atom. The van der Waals surface area contributed by atoms with Gasteiger partial charge in [-0.05, 0) is 17.5 Å². The van der Waals surface area contributed by atoms with Crippen LogP contribution in [-0.4, -0.2) is 14.7 Å². The third-order valence-electron chi connectivity index (χ3n) is 2.99. The molecule has 0 aliphatic carbocycles. The average Bonchev–Trinajstić information content (AvgIpc) is 2.94. The SMILES string of the molecule is O=c1[nH]c(=O)n(-c2ccsc2)c(O)c1-c1ccccc1F. The topological polar surface area (TPSA) is 75.1 Å². The molecule has 0 saturated heterocycles. The molecule has 2 N–H and O–H groups in total. The molecule has 0 amide bonds. The minimum absolute atomic E-state index is 0.0692. The summed E-state index contributed by atoms with van der Waals surface area (Å²) in [5, 5.41) is 13.6. The molecule has 3 aromatic rings. The van der Waals surface area contributed by atoms with E-state index in [1.165, 1.54) is 35.6 Å². The van der Waals surface area contributed by atoms with Crippen molar-refractivity contribution >= 4 is 11.3 Å². The largest absolute Gasteiger partial charge is 0.494 e. The fourth-order valence-corrected chi connectivity index (χ4v) is 2.68. The first-order valence-corrected chi connectivity index (χ1v) is 6.89. The highest BCUT2D eigenvalue weighted by Crippen LogP contribution is 2.28. The van der Waals surface area contributed by atoms with E-state index in [0.717, 1.165) is 4.57 Å². The highest BCUT2D eigenvalue weighted by atomic mass is 32.1. The second kappa shape index (κ2) is 5.02. The van der Waals surface area contributed by atoms with Gasteiger partial charge in [-0.2, -0.15) is 11.3 Å². The molecule has 21 heavy (non-hydrogen) atoms. The third-order valence-corrected chi connectivity index (χ3v) is 3.66. The minimum Gasteiger partial charge on any atom is -0.494 e. The van der Waals surface area contributed by atoms with Crippen LogP contribution >= 0.6 is 11.3 Å². The zero-order valence-corrected chi connectivity index (χ0v) is 11.4. The highest BCUT2D eigenvalue weighted by molar-refractivity contribution is 7.08. The molecule has 0 fully saturated rings. The molecular weight excluding hydrogens is 295 g/mol. The van der Waals surface area contributed by atoms with Crippen molar-refractivity contribution in [2.45, 2.75) is 0 Å². The Morgan fingerprint density at radius 1 is 1.19 bits per heavy atom. The fourth-order valence-electron chi connectivity index (χ4n) is 2.06. The van der Waals surface area contributed by atoms with E-state index in [9.17, 15) is 19.1 Å². The summed E-state index contributed by atoms with van der Waals surface area (Å²) >= 11 is 1.32. The summed E-state index contributed by atoms with van der Waals surface area (Å²) in [5.41, 5.74) is -1.57. The number of halogens is 1. The Balaban J connectivity index is 2.38. The first kappa shape index (κ1) is 13.3. The van der Waals surface area contributed by atoms with Crippen molar-refractivity contribution in [3.05, 3.63) is 67.7 Å². The molecular formula is C14H9FN2O3S. The predicted octanol–water partition coefficient (Wildman–Crippen LogP) is 2.10. The highest BCUT2D eigenvalue weighted by Gasteiger charge is 2.19. The van der Waals surface area contributed by atoms with Crippen molar-refractivity contribution < 1.29 is 9.50 Å². The maximum atomic E-state index is 13.9. The Labute approximate surface area is 121 Å². The normalized spacial score (nSPS) is 10.7. The van der Waals surface area contributed by atoms with Crippen molar-refractivity contribution in [2.24, 2.45) is 0 Å². The molecule has 2 heterocycles. The second-order valence-corrected chi connectivity index (χ2v) is 5.03. The van der Waals surface area contributed by atoms with Gasteiger partial charge in [0.25, 0.3) is 5.56 Å².